The van der Waals surface area contributed by atoms with E-state index >= 15 is 0 Å². The van der Waals surface area contributed by atoms with Crippen molar-refractivity contribution in [1.29, 1.82) is 0 Å². The number of aromatic nitrogens is 2. The zero-order valence-electron chi connectivity index (χ0n) is 14.2. The molecule has 126 valence electrons. The van der Waals surface area contributed by atoms with E-state index in [2.05, 4.69) is 35.0 Å². The van der Waals surface area contributed by atoms with Crippen molar-refractivity contribution in [2.45, 2.75) is 20.4 Å². The number of hydrogen-bond acceptors (Lipinski definition) is 3. The maximum Gasteiger partial charge on any atom is 0.287 e. The maximum absolute atomic E-state index is 12.0. The van der Waals surface area contributed by atoms with Crippen LogP contribution in [0.1, 0.15) is 21.8 Å². The van der Waals surface area contributed by atoms with Gasteiger partial charge in [-0.05, 0) is 43.7 Å². The summed E-state index contributed by atoms with van der Waals surface area (Å²) < 4.78 is 7.30. The van der Waals surface area contributed by atoms with Crippen LogP contribution < -0.4 is 5.32 Å². The molecule has 5 heteroatoms. The van der Waals surface area contributed by atoms with Crippen LogP contribution in [0.3, 0.4) is 0 Å². The van der Waals surface area contributed by atoms with Crippen molar-refractivity contribution < 1.29 is 9.21 Å². The molecule has 0 saturated carbocycles. The lowest BCUT2D eigenvalue weighted by Crippen LogP contribution is -2.26. The third kappa shape index (κ3) is 2.67. The van der Waals surface area contributed by atoms with Crippen molar-refractivity contribution in [3.05, 3.63) is 65.7 Å². The van der Waals surface area contributed by atoms with Crippen LogP contribution in [0, 0.1) is 13.8 Å². The summed E-state index contributed by atoms with van der Waals surface area (Å²) in [6, 6.07) is 13.8. The summed E-state index contributed by atoms with van der Waals surface area (Å²) in [5, 5.41) is 5.27. The highest BCUT2D eigenvalue weighted by molar-refractivity contribution is 6.08. The first kappa shape index (κ1) is 15.4. The van der Waals surface area contributed by atoms with E-state index in [1.165, 1.54) is 22.6 Å². The molecule has 0 atom stereocenters. The van der Waals surface area contributed by atoms with Crippen molar-refractivity contribution in [3.63, 3.8) is 0 Å². The quantitative estimate of drug-likeness (QED) is 0.617. The topological polar surface area (TPSA) is 60.1 Å². The van der Waals surface area contributed by atoms with Gasteiger partial charge in [0.15, 0.2) is 5.76 Å². The molecule has 5 nitrogen and oxygen atoms in total. The number of benzene rings is 1. The Bertz CT molecular complexity index is 1060. The molecular formula is C20H19N3O2. The SMILES string of the molecule is Cc1cc(C)c2c3ccccc3n(CCNC(=O)c3ccco3)c2n1. The molecule has 4 aromatic rings. The molecule has 1 aromatic carbocycles. The monoisotopic (exact) mass is 333 g/mol. The first-order valence-electron chi connectivity index (χ1n) is 8.32. The van der Waals surface area contributed by atoms with Gasteiger partial charge in [-0.15, -0.1) is 0 Å². The van der Waals surface area contributed by atoms with Gasteiger partial charge in [0.1, 0.15) is 5.65 Å². The number of aryl methyl sites for hydroxylation is 2. The second kappa shape index (κ2) is 6.09. The minimum absolute atomic E-state index is 0.203. The normalized spacial score (nSPS) is 11.3. The van der Waals surface area contributed by atoms with Crippen LogP contribution in [0.4, 0.5) is 0 Å². The number of nitrogens with zero attached hydrogens (tertiary/aromatic N) is 2. The second-order valence-corrected chi connectivity index (χ2v) is 6.18. The molecule has 3 heterocycles. The maximum atomic E-state index is 12.0. The Kier molecular flexibility index (Phi) is 3.76. The summed E-state index contributed by atoms with van der Waals surface area (Å²) in [6.45, 7) is 5.27. The molecule has 0 aliphatic carbocycles. The summed E-state index contributed by atoms with van der Waals surface area (Å²) in [7, 11) is 0. The molecule has 0 aliphatic rings. The van der Waals surface area contributed by atoms with E-state index < -0.39 is 0 Å². The fourth-order valence-electron chi connectivity index (χ4n) is 3.38. The van der Waals surface area contributed by atoms with Crippen LogP contribution >= 0.6 is 0 Å². The van der Waals surface area contributed by atoms with Gasteiger partial charge >= 0.3 is 0 Å². The first-order chi connectivity index (χ1) is 12.1. The van der Waals surface area contributed by atoms with Gasteiger partial charge in [0.2, 0.25) is 0 Å². The van der Waals surface area contributed by atoms with Gasteiger partial charge in [-0.25, -0.2) is 4.98 Å². The summed E-state index contributed by atoms with van der Waals surface area (Å²) in [5.41, 5.74) is 4.31. The van der Waals surface area contributed by atoms with Crippen LogP contribution in [0.5, 0.6) is 0 Å². The number of carbonyl (C=O) groups excluding carboxylic acids is 1. The Hall–Kier alpha value is -3.08. The van der Waals surface area contributed by atoms with Crippen molar-refractivity contribution >= 4 is 27.8 Å². The number of furan rings is 1. The van der Waals surface area contributed by atoms with Crippen molar-refractivity contribution in [3.8, 4) is 0 Å². The summed E-state index contributed by atoms with van der Waals surface area (Å²) in [5.74, 6) is 0.123. The Morgan fingerprint density at radius 2 is 2.04 bits per heavy atom. The van der Waals surface area contributed by atoms with Crippen molar-refractivity contribution in [2.75, 3.05) is 6.54 Å². The number of nitrogens with one attached hydrogen (secondary N) is 1. The average molecular weight is 333 g/mol. The highest BCUT2D eigenvalue weighted by Gasteiger charge is 2.14. The zero-order valence-corrected chi connectivity index (χ0v) is 14.2. The average Bonchev–Trinajstić information content (AvgIpc) is 3.22. The fraction of sp³-hybridized carbons (Fsp3) is 0.200. The number of hydrogen-bond donors (Lipinski definition) is 1. The highest BCUT2D eigenvalue weighted by atomic mass is 16.3. The van der Waals surface area contributed by atoms with E-state index in [1.54, 1.807) is 12.1 Å². The van der Waals surface area contributed by atoms with Crippen molar-refractivity contribution in [1.82, 2.24) is 14.9 Å². The molecule has 0 unspecified atom stereocenters. The summed E-state index contributed by atoms with van der Waals surface area (Å²) in [6.07, 6.45) is 1.50. The molecule has 0 radical (unpaired) electrons. The van der Waals surface area contributed by atoms with Gasteiger partial charge in [0, 0.05) is 29.6 Å². The molecule has 1 amide bonds. The predicted molar refractivity (Wildman–Crippen MR) is 97.8 cm³/mol. The third-order valence-electron chi connectivity index (χ3n) is 4.41. The van der Waals surface area contributed by atoms with Gasteiger partial charge in [0.25, 0.3) is 5.91 Å². The van der Waals surface area contributed by atoms with Crippen LogP contribution in [-0.4, -0.2) is 22.0 Å². The Labute approximate surface area is 145 Å². The molecule has 0 spiro atoms. The number of amides is 1. The molecule has 0 bridgehead atoms. The number of fused-ring (bicyclic) bond motifs is 3. The highest BCUT2D eigenvalue weighted by Crippen LogP contribution is 2.30. The van der Waals surface area contributed by atoms with Crippen LogP contribution in [-0.2, 0) is 6.54 Å². The lowest BCUT2D eigenvalue weighted by Gasteiger charge is -2.08. The second-order valence-electron chi connectivity index (χ2n) is 6.18. The predicted octanol–water partition coefficient (Wildman–Crippen LogP) is 3.83. The molecule has 0 fully saturated rings. The van der Waals surface area contributed by atoms with Gasteiger partial charge in [0.05, 0.1) is 11.8 Å². The Balaban J connectivity index is 1.69. The standard InChI is InChI=1S/C20H19N3O2/c1-13-12-14(2)22-19-18(13)15-6-3-4-7-16(15)23(19)10-9-21-20(24)17-8-5-11-25-17/h3-8,11-12H,9-10H2,1-2H3,(H,21,24). The number of pyridine rings is 1. The molecule has 0 saturated heterocycles. The Morgan fingerprint density at radius 3 is 2.84 bits per heavy atom. The lowest BCUT2D eigenvalue weighted by molar-refractivity contribution is 0.0925. The summed E-state index contributed by atoms with van der Waals surface area (Å²) in [4.78, 5) is 16.8. The van der Waals surface area contributed by atoms with Crippen LogP contribution in [0.2, 0.25) is 0 Å². The van der Waals surface area contributed by atoms with E-state index in [0.29, 0.717) is 18.8 Å². The molecule has 4 rings (SSSR count). The molecular weight excluding hydrogens is 314 g/mol. The molecule has 0 aliphatic heterocycles. The summed E-state index contributed by atoms with van der Waals surface area (Å²) >= 11 is 0. The number of carbonyl (C=O) groups is 1. The van der Waals surface area contributed by atoms with E-state index in [9.17, 15) is 4.79 Å². The van der Waals surface area contributed by atoms with E-state index in [1.807, 2.05) is 19.1 Å². The largest absolute Gasteiger partial charge is 0.459 e. The third-order valence-corrected chi connectivity index (χ3v) is 4.41. The number of rotatable bonds is 4. The molecule has 3 aromatic heterocycles. The minimum atomic E-state index is -0.203. The van der Waals surface area contributed by atoms with Crippen LogP contribution in [0.15, 0.2) is 53.1 Å². The minimum Gasteiger partial charge on any atom is -0.459 e. The smallest absolute Gasteiger partial charge is 0.287 e. The zero-order chi connectivity index (χ0) is 17.4. The first-order valence-corrected chi connectivity index (χ1v) is 8.32. The number of para-hydroxylation sites is 1. The van der Waals surface area contributed by atoms with E-state index in [-0.39, 0.29) is 5.91 Å². The fourth-order valence-corrected chi connectivity index (χ4v) is 3.38. The molecule has 25 heavy (non-hydrogen) atoms. The lowest BCUT2D eigenvalue weighted by atomic mass is 10.1. The van der Waals surface area contributed by atoms with E-state index in [4.69, 9.17) is 9.40 Å². The van der Waals surface area contributed by atoms with Crippen molar-refractivity contribution in [2.24, 2.45) is 0 Å². The van der Waals surface area contributed by atoms with Gasteiger partial charge < -0.3 is 14.3 Å². The van der Waals surface area contributed by atoms with Crippen LogP contribution in [0.25, 0.3) is 21.9 Å². The van der Waals surface area contributed by atoms with Gasteiger partial charge in [-0.2, -0.15) is 0 Å². The van der Waals surface area contributed by atoms with E-state index in [0.717, 1.165) is 16.9 Å². The molecule has 1 N–H and O–H groups in total. The van der Waals surface area contributed by atoms with Gasteiger partial charge in [-0.3, -0.25) is 4.79 Å². The van der Waals surface area contributed by atoms with Gasteiger partial charge in [-0.1, -0.05) is 18.2 Å². The Morgan fingerprint density at radius 1 is 1.20 bits per heavy atom.